The molecule has 168 valence electrons. The standard InChI is InChI=1S/C24H30Cl2N2O3/c1-6-20(23(30)27-24(3,4)5)28(14-17-11-12-18(25)19(26)13-17)22(29)15-31-21-10-8-7-9-16(21)2/h7-13,20H,6,14-15H2,1-5H3,(H,27,30)/t20-/m1/s1. The lowest BCUT2D eigenvalue weighted by Gasteiger charge is -2.33. The molecule has 0 aliphatic rings. The Balaban J connectivity index is 2.28. The fraction of sp³-hybridized carbons (Fsp3) is 0.417. The molecule has 2 aromatic carbocycles. The zero-order chi connectivity index (χ0) is 23.2. The Hall–Kier alpha value is -2.24. The molecular weight excluding hydrogens is 435 g/mol. The molecule has 7 heteroatoms. The van der Waals surface area contributed by atoms with Gasteiger partial charge in [-0.15, -0.1) is 0 Å². The monoisotopic (exact) mass is 464 g/mol. The fourth-order valence-corrected chi connectivity index (χ4v) is 3.47. The molecule has 0 spiro atoms. The average molecular weight is 465 g/mol. The molecule has 1 N–H and O–H groups in total. The number of nitrogens with one attached hydrogen (secondary N) is 1. The molecule has 0 saturated heterocycles. The zero-order valence-electron chi connectivity index (χ0n) is 18.7. The lowest BCUT2D eigenvalue weighted by Crippen LogP contribution is -2.54. The van der Waals surface area contributed by atoms with Gasteiger partial charge in [-0.1, -0.05) is 54.4 Å². The number of halogens is 2. The Bertz CT molecular complexity index is 925. The van der Waals surface area contributed by atoms with Crippen LogP contribution < -0.4 is 10.1 Å². The van der Waals surface area contributed by atoms with Crippen molar-refractivity contribution in [1.29, 1.82) is 0 Å². The smallest absolute Gasteiger partial charge is 0.261 e. The largest absolute Gasteiger partial charge is 0.484 e. The summed E-state index contributed by atoms with van der Waals surface area (Å²) in [6, 6.07) is 12.0. The van der Waals surface area contributed by atoms with Crippen LogP contribution in [0, 0.1) is 6.92 Å². The number of amides is 2. The Morgan fingerprint density at radius 1 is 1.10 bits per heavy atom. The van der Waals surface area contributed by atoms with Gasteiger partial charge in [0.25, 0.3) is 5.91 Å². The molecule has 31 heavy (non-hydrogen) atoms. The molecule has 2 amide bonds. The minimum Gasteiger partial charge on any atom is -0.484 e. The molecular formula is C24H30Cl2N2O3. The maximum atomic E-state index is 13.2. The van der Waals surface area contributed by atoms with E-state index < -0.39 is 11.6 Å². The summed E-state index contributed by atoms with van der Waals surface area (Å²) in [6.07, 6.45) is 0.458. The van der Waals surface area contributed by atoms with Crippen molar-refractivity contribution in [3.63, 3.8) is 0 Å². The van der Waals surface area contributed by atoms with Gasteiger partial charge in [0.15, 0.2) is 6.61 Å². The number of carbonyl (C=O) groups is 2. The maximum Gasteiger partial charge on any atom is 0.261 e. The molecule has 2 rings (SSSR count). The summed E-state index contributed by atoms with van der Waals surface area (Å²) in [4.78, 5) is 27.7. The third kappa shape index (κ3) is 7.44. The summed E-state index contributed by atoms with van der Waals surface area (Å²) in [6.45, 7) is 9.55. The number of hydrogen-bond donors (Lipinski definition) is 1. The fourth-order valence-electron chi connectivity index (χ4n) is 3.15. The van der Waals surface area contributed by atoms with E-state index in [1.54, 1.807) is 23.1 Å². The third-order valence-electron chi connectivity index (χ3n) is 4.67. The lowest BCUT2D eigenvalue weighted by atomic mass is 10.1. The first-order valence-electron chi connectivity index (χ1n) is 10.3. The van der Waals surface area contributed by atoms with Crippen LogP contribution in [0.3, 0.4) is 0 Å². The van der Waals surface area contributed by atoms with E-state index in [-0.39, 0.29) is 25.0 Å². The van der Waals surface area contributed by atoms with E-state index >= 15 is 0 Å². The highest BCUT2D eigenvalue weighted by Gasteiger charge is 2.31. The van der Waals surface area contributed by atoms with Crippen LogP contribution in [0.15, 0.2) is 42.5 Å². The summed E-state index contributed by atoms with van der Waals surface area (Å²) < 4.78 is 5.77. The molecule has 0 bridgehead atoms. The van der Waals surface area contributed by atoms with Crippen molar-refractivity contribution >= 4 is 35.0 Å². The Morgan fingerprint density at radius 3 is 2.35 bits per heavy atom. The van der Waals surface area contributed by atoms with Crippen molar-refractivity contribution in [2.45, 2.75) is 59.2 Å². The minimum absolute atomic E-state index is 0.175. The van der Waals surface area contributed by atoms with Crippen molar-refractivity contribution in [2.24, 2.45) is 0 Å². The molecule has 0 unspecified atom stereocenters. The van der Waals surface area contributed by atoms with Crippen LogP contribution in [0.5, 0.6) is 5.75 Å². The molecule has 0 aliphatic carbocycles. The van der Waals surface area contributed by atoms with Gasteiger partial charge in [-0.25, -0.2) is 0 Å². The normalized spacial score (nSPS) is 12.2. The molecule has 5 nitrogen and oxygen atoms in total. The van der Waals surface area contributed by atoms with Crippen LogP contribution in [0.4, 0.5) is 0 Å². The molecule has 0 fully saturated rings. The van der Waals surface area contributed by atoms with Crippen LogP contribution >= 0.6 is 23.2 Å². The predicted molar refractivity (Wildman–Crippen MR) is 126 cm³/mol. The Labute approximate surface area is 194 Å². The molecule has 0 saturated carbocycles. The topological polar surface area (TPSA) is 58.6 Å². The van der Waals surface area contributed by atoms with Crippen LogP contribution in [0.2, 0.25) is 10.0 Å². The highest BCUT2D eigenvalue weighted by Crippen LogP contribution is 2.24. The van der Waals surface area contributed by atoms with Gasteiger partial charge in [0.1, 0.15) is 11.8 Å². The molecule has 2 aromatic rings. The highest BCUT2D eigenvalue weighted by molar-refractivity contribution is 6.42. The van der Waals surface area contributed by atoms with Crippen molar-refractivity contribution in [1.82, 2.24) is 10.2 Å². The van der Waals surface area contributed by atoms with Gasteiger partial charge < -0.3 is 15.0 Å². The van der Waals surface area contributed by atoms with Gasteiger partial charge in [0.2, 0.25) is 5.91 Å². The number of benzene rings is 2. The molecule has 0 heterocycles. The van der Waals surface area contributed by atoms with Gasteiger partial charge in [-0.05, 0) is 63.4 Å². The quantitative estimate of drug-likeness (QED) is 0.568. The van der Waals surface area contributed by atoms with Crippen molar-refractivity contribution in [3.05, 3.63) is 63.6 Å². The summed E-state index contributed by atoms with van der Waals surface area (Å²) in [5, 5.41) is 3.81. The van der Waals surface area contributed by atoms with Crippen LogP contribution in [-0.2, 0) is 16.1 Å². The summed E-state index contributed by atoms with van der Waals surface area (Å²) in [5.74, 6) is 0.141. The van der Waals surface area contributed by atoms with Gasteiger partial charge in [0, 0.05) is 12.1 Å². The number of para-hydroxylation sites is 1. The van der Waals surface area contributed by atoms with Gasteiger partial charge in [-0.2, -0.15) is 0 Å². The average Bonchev–Trinajstić information content (AvgIpc) is 2.68. The first kappa shape index (κ1) is 25.0. The number of aryl methyl sites for hydroxylation is 1. The van der Waals surface area contributed by atoms with E-state index in [0.29, 0.717) is 22.2 Å². The van der Waals surface area contributed by atoms with E-state index in [4.69, 9.17) is 27.9 Å². The van der Waals surface area contributed by atoms with Crippen LogP contribution in [-0.4, -0.2) is 34.9 Å². The third-order valence-corrected chi connectivity index (χ3v) is 5.40. The summed E-state index contributed by atoms with van der Waals surface area (Å²) in [5.41, 5.74) is 1.30. The number of hydrogen-bond acceptors (Lipinski definition) is 3. The van der Waals surface area contributed by atoms with Crippen LogP contribution in [0.25, 0.3) is 0 Å². The van der Waals surface area contributed by atoms with Crippen LogP contribution in [0.1, 0.15) is 45.2 Å². The van der Waals surface area contributed by atoms with Gasteiger partial charge >= 0.3 is 0 Å². The van der Waals surface area contributed by atoms with E-state index in [0.717, 1.165) is 11.1 Å². The van der Waals surface area contributed by atoms with E-state index in [9.17, 15) is 9.59 Å². The van der Waals surface area contributed by atoms with E-state index in [2.05, 4.69) is 5.32 Å². The molecule has 0 aliphatic heterocycles. The van der Waals surface area contributed by atoms with E-state index in [1.807, 2.05) is 58.9 Å². The number of ether oxygens (including phenoxy) is 1. The first-order chi connectivity index (χ1) is 14.5. The highest BCUT2D eigenvalue weighted by atomic mass is 35.5. The number of rotatable bonds is 8. The first-order valence-corrected chi connectivity index (χ1v) is 11.0. The maximum absolute atomic E-state index is 13.2. The van der Waals surface area contributed by atoms with E-state index in [1.165, 1.54) is 0 Å². The Morgan fingerprint density at radius 2 is 1.77 bits per heavy atom. The SMILES string of the molecule is CC[C@H](C(=O)NC(C)(C)C)N(Cc1ccc(Cl)c(Cl)c1)C(=O)COc1ccccc1C. The predicted octanol–water partition coefficient (Wildman–Crippen LogP) is 5.40. The number of carbonyl (C=O) groups excluding carboxylic acids is 2. The summed E-state index contributed by atoms with van der Waals surface area (Å²) in [7, 11) is 0. The lowest BCUT2D eigenvalue weighted by molar-refractivity contribution is -0.143. The summed E-state index contributed by atoms with van der Waals surface area (Å²) >= 11 is 12.2. The molecule has 1 atom stereocenters. The molecule has 0 aromatic heterocycles. The minimum atomic E-state index is -0.651. The van der Waals surface area contributed by atoms with Gasteiger partial charge in [0.05, 0.1) is 10.0 Å². The van der Waals surface area contributed by atoms with Gasteiger partial charge in [-0.3, -0.25) is 9.59 Å². The number of nitrogens with zero attached hydrogens (tertiary/aromatic N) is 1. The second-order valence-electron chi connectivity index (χ2n) is 8.49. The van der Waals surface area contributed by atoms with Crippen molar-refractivity contribution < 1.29 is 14.3 Å². The second-order valence-corrected chi connectivity index (χ2v) is 9.30. The Kier molecular flexibility index (Phi) is 8.78. The zero-order valence-corrected chi connectivity index (χ0v) is 20.2. The molecule has 0 radical (unpaired) electrons. The van der Waals surface area contributed by atoms with Crippen molar-refractivity contribution in [3.8, 4) is 5.75 Å². The second kappa shape index (κ2) is 10.9. The van der Waals surface area contributed by atoms with Crippen molar-refractivity contribution in [2.75, 3.05) is 6.61 Å².